The van der Waals surface area contributed by atoms with Gasteiger partial charge in [0, 0.05) is 25.8 Å². The molecule has 0 atom stereocenters. The van der Waals surface area contributed by atoms with Crippen molar-refractivity contribution in [3.05, 3.63) is 47.0 Å². The monoisotopic (exact) mass is 276 g/mol. The van der Waals surface area contributed by atoms with E-state index in [4.69, 9.17) is 9.15 Å². The lowest BCUT2D eigenvalue weighted by atomic mass is 10.2. The lowest BCUT2D eigenvalue weighted by Crippen LogP contribution is -2.26. The van der Waals surface area contributed by atoms with Crippen LogP contribution in [0.4, 0.5) is 0 Å². The molecule has 1 aromatic carbocycles. The number of ether oxygens (including phenoxy) is 1. The first-order valence-electron chi connectivity index (χ1n) is 6.18. The van der Waals surface area contributed by atoms with Crippen LogP contribution in [0.2, 0.25) is 0 Å². The Bertz CT molecular complexity index is 684. The molecule has 0 saturated heterocycles. The van der Waals surface area contributed by atoms with Crippen LogP contribution in [0.5, 0.6) is 0 Å². The SMILES string of the molecule is C=CCn1c(=O)oc2ccc(C(=O)NCCOC)cc21. The van der Waals surface area contributed by atoms with Gasteiger partial charge in [-0.1, -0.05) is 6.08 Å². The summed E-state index contributed by atoms with van der Waals surface area (Å²) in [4.78, 5) is 23.6. The Kier molecular flexibility index (Phi) is 4.37. The van der Waals surface area contributed by atoms with Crippen molar-refractivity contribution in [2.45, 2.75) is 6.54 Å². The second kappa shape index (κ2) is 6.21. The highest BCUT2D eigenvalue weighted by atomic mass is 16.5. The summed E-state index contributed by atoms with van der Waals surface area (Å²) in [7, 11) is 1.57. The molecule has 2 aromatic rings. The van der Waals surface area contributed by atoms with Crippen molar-refractivity contribution in [1.82, 2.24) is 9.88 Å². The number of oxazole rings is 1. The first-order chi connectivity index (χ1) is 9.67. The molecule has 0 saturated carbocycles. The molecule has 0 spiro atoms. The normalized spacial score (nSPS) is 10.7. The molecule has 2 rings (SSSR count). The van der Waals surface area contributed by atoms with E-state index in [1.165, 1.54) is 4.57 Å². The standard InChI is InChI=1S/C14H16N2O4/c1-3-7-16-11-9-10(13(17)15-6-8-19-2)4-5-12(11)20-14(16)18/h3-5,9H,1,6-8H2,2H3,(H,15,17). The van der Waals surface area contributed by atoms with E-state index in [0.29, 0.717) is 36.4 Å². The summed E-state index contributed by atoms with van der Waals surface area (Å²) in [5.74, 6) is -0.681. The molecule has 106 valence electrons. The summed E-state index contributed by atoms with van der Waals surface area (Å²) in [5.41, 5.74) is 1.49. The second-order valence-corrected chi connectivity index (χ2v) is 4.20. The molecule has 1 aromatic heterocycles. The van der Waals surface area contributed by atoms with Gasteiger partial charge in [-0.15, -0.1) is 6.58 Å². The van der Waals surface area contributed by atoms with Crippen LogP contribution in [0.15, 0.2) is 40.1 Å². The highest BCUT2D eigenvalue weighted by Crippen LogP contribution is 2.15. The molecule has 0 bridgehead atoms. The summed E-state index contributed by atoms with van der Waals surface area (Å²) in [5, 5.41) is 2.72. The molecule has 1 amide bonds. The van der Waals surface area contributed by atoms with Crippen LogP contribution in [0.3, 0.4) is 0 Å². The summed E-state index contributed by atoms with van der Waals surface area (Å²) in [6.07, 6.45) is 1.60. The zero-order chi connectivity index (χ0) is 14.5. The van der Waals surface area contributed by atoms with E-state index in [0.717, 1.165) is 0 Å². The van der Waals surface area contributed by atoms with Crippen molar-refractivity contribution in [3.8, 4) is 0 Å². The van der Waals surface area contributed by atoms with Gasteiger partial charge in [-0.2, -0.15) is 0 Å². The van der Waals surface area contributed by atoms with Crippen molar-refractivity contribution < 1.29 is 13.9 Å². The fourth-order valence-corrected chi connectivity index (χ4v) is 1.87. The first kappa shape index (κ1) is 14.1. The number of hydrogen-bond donors (Lipinski definition) is 1. The number of rotatable bonds is 6. The van der Waals surface area contributed by atoms with Gasteiger partial charge in [0.1, 0.15) is 0 Å². The topological polar surface area (TPSA) is 73.5 Å². The van der Waals surface area contributed by atoms with Crippen LogP contribution in [0, 0.1) is 0 Å². The van der Waals surface area contributed by atoms with Crippen molar-refractivity contribution in [1.29, 1.82) is 0 Å². The van der Waals surface area contributed by atoms with Crippen molar-refractivity contribution >= 4 is 17.0 Å². The molecule has 20 heavy (non-hydrogen) atoms. The van der Waals surface area contributed by atoms with Crippen molar-refractivity contribution in [2.75, 3.05) is 20.3 Å². The quantitative estimate of drug-likeness (QED) is 0.634. The molecule has 0 radical (unpaired) electrons. The minimum atomic E-state index is -0.461. The average Bonchev–Trinajstić information content (AvgIpc) is 2.75. The molecular formula is C14H16N2O4. The fourth-order valence-electron chi connectivity index (χ4n) is 1.87. The largest absolute Gasteiger partial charge is 0.420 e. The van der Waals surface area contributed by atoms with E-state index in [2.05, 4.69) is 11.9 Å². The van der Waals surface area contributed by atoms with Crippen LogP contribution in [-0.2, 0) is 11.3 Å². The molecule has 1 heterocycles. The van der Waals surface area contributed by atoms with E-state index < -0.39 is 5.76 Å². The van der Waals surface area contributed by atoms with Gasteiger partial charge in [-0.05, 0) is 18.2 Å². The van der Waals surface area contributed by atoms with Gasteiger partial charge in [-0.25, -0.2) is 4.79 Å². The van der Waals surface area contributed by atoms with E-state index in [1.54, 1.807) is 31.4 Å². The van der Waals surface area contributed by atoms with E-state index in [9.17, 15) is 9.59 Å². The van der Waals surface area contributed by atoms with Gasteiger partial charge in [0.15, 0.2) is 5.58 Å². The Labute approximate surface area is 115 Å². The molecule has 0 aliphatic carbocycles. The lowest BCUT2D eigenvalue weighted by Gasteiger charge is -2.05. The van der Waals surface area contributed by atoms with Crippen molar-refractivity contribution in [3.63, 3.8) is 0 Å². The average molecular weight is 276 g/mol. The third-order valence-corrected chi connectivity index (χ3v) is 2.83. The molecule has 0 fully saturated rings. The molecule has 6 nitrogen and oxygen atoms in total. The van der Waals surface area contributed by atoms with E-state index in [1.807, 2.05) is 0 Å². The lowest BCUT2D eigenvalue weighted by molar-refractivity contribution is 0.0937. The summed E-state index contributed by atoms with van der Waals surface area (Å²) >= 11 is 0. The first-order valence-corrected chi connectivity index (χ1v) is 6.18. The molecule has 0 aliphatic heterocycles. The maximum absolute atomic E-state index is 11.9. The van der Waals surface area contributed by atoms with E-state index >= 15 is 0 Å². The summed E-state index contributed by atoms with van der Waals surface area (Å²) < 4.78 is 11.4. The van der Waals surface area contributed by atoms with Crippen LogP contribution in [0.1, 0.15) is 10.4 Å². The van der Waals surface area contributed by atoms with Gasteiger partial charge in [0.25, 0.3) is 5.91 Å². The number of methoxy groups -OCH3 is 1. The second-order valence-electron chi connectivity index (χ2n) is 4.20. The Morgan fingerprint density at radius 3 is 3.05 bits per heavy atom. The van der Waals surface area contributed by atoms with Crippen LogP contribution in [-0.4, -0.2) is 30.7 Å². The third-order valence-electron chi connectivity index (χ3n) is 2.83. The Hall–Kier alpha value is -2.34. The number of allylic oxidation sites excluding steroid dienone is 1. The number of aromatic nitrogens is 1. The minimum Gasteiger partial charge on any atom is -0.408 e. The zero-order valence-electron chi connectivity index (χ0n) is 11.2. The van der Waals surface area contributed by atoms with Crippen LogP contribution < -0.4 is 11.1 Å². The highest BCUT2D eigenvalue weighted by Gasteiger charge is 2.12. The Balaban J connectivity index is 2.32. The molecule has 0 aliphatic rings. The summed E-state index contributed by atoms with van der Waals surface area (Å²) in [6, 6.07) is 4.86. The van der Waals surface area contributed by atoms with Crippen LogP contribution >= 0.6 is 0 Å². The van der Waals surface area contributed by atoms with Gasteiger partial charge >= 0.3 is 5.76 Å². The number of benzene rings is 1. The molecule has 0 unspecified atom stereocenters. The number of nitrogens with one attached hydrogen (secondary N) is 1. The van der Waals surface area contributed by atoms with Gasteiger partial charge in [-0.3, -0.25) is 9.36 Å². The molecule has 1 N–H and O–H groups in total. The van der Waals surface area contributed by atoms with Crippen LogP contribution in [0.25, 0.3) is 11.1 Å². The smallest absolute Gasteiger partial charge is 0.408 e. The number of nitrogens with zero attached hydrogens (tertiary/aromatic N) is 1. The maximum atomic E-state index is 11.9. The zero-order valence-corrected chi connectivity index (χ0v) is 11.2. The number of fused-ring (bicyclic) bond motifs is 1. The number of amides is 1. The highest BCUT2D eigenvalue weighted by molar-refractivity contribution is 5.97. The molecule has 6 heteroatoms. The number of carbonyl (C=O) groups excluding carboxylic acids is 1. The number of carbonyl (C=O) groups is 1. The Morgan fingerprint density at radius 2 is 2.35 bits per heavy atom. The van der Waals surface area contributed by atoms with Crippen molar-refractivity contribution in [2.24, 2.45) is 0 Å². The molecular weight excluding hydrogens is 260 g/mol. The van der Waals surface area contributed by atoms with Gasteiger partial charge in [0.05, 0.1) is 12.1 Å². The predicted octanol–water partition coefficient (Wildman–Crippen LogP) is 1.16. The van der Waals surface area contributed by atoms with Gasteiger partial charge < -0.3 is 14.5 Å². The Morgan fingerprint density at radius 1 is 1.55 bits per heavy atom. The maximum Gasteiger partial charge on any atom is 0.420 e. The minimum absolute atomic E-state index is 0.220. The van der Waals surface area contributed by atoms with Gasteiger partial charge in [0.2, 0.25) is 0 Å². The predicted molar refractivity (Wildman–Crippen MR) is 74.9 cm³/mol. The fraction of sp³-hybridized carbons (Fsp3) is 0.286. The van der Waals surface area contributed by atoms with E-state index in [-0.39, 0.29) is 5.91 Å². The third kappa shape index (κ3) is 2.80. The summed E-state index contributed by atoms with van der Waals surface area (Å²) in [6.45, 7) is 4.80. The number of hydrogen-bond acceptors (Lipinski definition) is 4.